The van der Waals surface area contributed by atoms with Gasteiger partial charge in [-0.2, -0.15) is 0 Å². The summed E-state index contributed by atoms with van der Waals surface area (Å²) in [5.74, 6) is 1.23. The average Bonchev–Trinajstić information content (AvgIpc) is 3.26. The van der Waals surface area contributed by atoms with Gasteiger partial charge in [0.15, 0.2) is 0 Å². The number of anilines is 1. The van der Waals surface area contributed by atoms with Crippen molar-refractivity contribution in [2.75, 3.05) is 39.3 Å². The molecule has 0 unspecified atom stereocenters. The molecule has 33 heavy (non-hydrogen) atoms. The number of hydrogen-bond donors (Lipinski definition) is 0. The molecule has 0 saturated carbocycles. The quantitative estimate of drug-likeness (QED) is 0.387. The Hall–Kier alpha value is -3.32. The lowest BCUT2D eigenvalue weighted by molar-refractivity contribution is 0.0723. The molecule has 0 N–H and O–H groups in total. The zero-order chi connectivity index (χ0) is 23.8. The van der Waals surface area contributed by atoms with Crippen LogP contribution >= 0.6 is 0 Å². The van der Waals surface area contributed by atoms with Gasteiger partial charge in [0.25, 0.3) is 5.91 Å². The minimum absolute atomic E-state index is 0.0802. The van der Waals surface area contributed by atoms with Crippen LogP contribution in [0.25, 0.3) is 11.3 Å². The first-order chi connectivity index (χ1) is 16.0. The summed E-state index contributed by atoms with van der Waals surface area (Å²) in [6.45, 7) is 5.64. The van der Waals surface area contributed by atoms with Gasteiger partial charge < -0.3 is 23.8 Å². The molecule has 0 atom stereocenters. The highest BCUT2D eigenvalue weighted by molar-refractivity contribution is 5.94. The molecule has 0 saturated heterocycles. The molecular formula is C26H33N3O4. The summed E-state index contributed by atoms with van der Waals surface area (Å²) in [5.41, 5.74) is 3.15. The summed E-state index contributed by atoms with van der Waals surface area (Å²) in [6.07, 6.45) is 0.716. The predicted molar refractivity (Wildman–Crippen MR) is 130 cm³/mol. The van der Waals surface area contributed by atoms with Crippen molar-refractivity contribution in [3.63, 3.8) is 0 Å². The van der Waals surface area contributed by atoms with Crippen molar-refractivity contribution < 1.29 is 18.8 Å². The minimum Gasteiger partial charge on any atom is -0.497 e. The first-order valence-electron chi connectivity index (χ1n) is 11.1. The molecule has 0 aliphatic heterocycles. The van der Waals surface area contributed by atoms with Crippen LogP contribution in [0.15, 0.2) is 59.1 Å². The van der Waals surface area contributed by atoms with Gasteiger partial charge in [0.1, 0.15) is 11.4 Å². The van der Waals surface area contributed by atoms with Gasteiger partial charge in [-0.05, 0) is 38.5 Å². The topological polar surface area (TPSA) is 68.0 Å². The number of ether oxygens (including phenoxy) is 2. The Morgan fingerprint density at radius 3 is 2.52 bits per heavy atom. The van der Waals surface area contributed by atoms with Crippen LogP contribution in [-0.4, -0.2) is 56.4 Å². The van der Waals surface area contributed by atoms with Crippen LogP contribution in [0.5, 0.6) is 5.75 Å². The molecule has 0 fully saturated rings. The van der Waals surface area contributed by atoms with Gasteiger partial charge in [0.2, 0.25) is 5.88 Å². The van der Waals surface area contributed by atoms with Gasteiger partial charge in [0.05, 0.1) is 19.2 Å². The molecule has 0 bridgehead atoms. The Labute approximate surface area is 195 Å². The van der Waals surface area contributed by atoms with Gasteiger partial charge in [-0.25, -0.2) is 0 Å². The maximum absolute atomic E-state index is 13.6. The van der Waals surface area contributed by atoms with E-state index in [1.54, 1.807) is 26.4 Å². The molecule has 1 amide bonds. The molecule has 7 heteroatoms. The molecule has 0 aliphatic rings. The molecule has 2 aromatic carbocycles. The van der Waals surface area contributed by atoms with Gasteiger partial charge in [-0.15, -0.1) is 0 Å². The molecule has 1 heterocycles. The highest BCUT2D eigenvalue weighted by Gasteiger charge is 2.26. The van der Waals surface area contributed by atoms with Gasteiger partial charge in [-0.1, -0.05) is 41.6 Å². The maximum atomic E-state index is 13.6. The minimum atomic E-state index is -0.0802. The van der Waals surface area contributed by atoms with Gasteiger partial charge in [0, 0.05) is 44.5 Å². The van der Waals surface area contributed by atoms with Gasteiger partial charge >= 0.3 is 0 Å². The second-order valence-corrected chi connectivity index (χ2v) is 8.19. The molecular weight excluding hydrogens is 418 g/mol. The smallest absolute Gasteiger partial charge is 0.254 e. The zero-order valence-electron chi connectivity index (χ0n) is 20.1. The van der Waals surface area contributed by atoms with E-state index in [2.05, 4.69) is 19.0 Å². The Morgan fingerprint density at radius 1 is 1.09 bits per heavy atom. The number of benzene rings is 2. The molecule has 7 nitrogen and oxygen atoms in total. The van der Waals surface area contributed by atoms with Crippen molar-refractivity contribution in [1.82, 2.24) is 10.1 Å². The Morgan fingerprint density at radius 2 is 1.85 bits per heavy atom. The summed E-state index contributed by atoms with van der Waals surface area (Å²) in [6, 6.07) is 17.3. The normalized spacial score (nSPS) is 11.0. The van der Waals surface area contributed by atoms with Crippen molar-refractivity contribution in [1.29, 1.82) is 0 Å². The molecule has 0 radical (unpaired) electrons. The SMILES string of the molecule is COCCCN(Cc1c(-c2ccccc2)noc1N(C)C(C)C)C(=O)c1cccc(OC)c1. The van der Waals surface area contributed by atoms with E-state index in [-0.39, 0.29) is 11.9 Å². The lowest BCUT2D eigenvalue weighted by Gasteiger charge is -2.26. The summed E-state index contributed by atoms with van der Waals surface area (Å²) in [4.78, 5) is 17.4. The fourth-order valence-electron chi connectivity index (χ4n) is 3.56. The van der Waals surface area contributed by atoms with Crippen LogP contribution in [0.3, 0.4) is 0 Å². The number of carbonyl (C=O) groups is 1. The highest BCUT2D eigenvalue weighted by Crippen LogP contribution is 2.33. The molecule has 3 rings (SSSR count). The summed E-state index contributed by atoms with van der Waals surface area (Å²) >= 11 is 0. The second kappa shape index (κ2) is 11.5. The van der Waals surface area contributed by atoms with Gasteiger partial charge in [-0.3, -0.25) is 4.79 Å². The summed E-state index contributed by atoms with van der Waals surface area (Å²) in [7, 11) is 5.23. The highest BCUT2D eigenvalue weighted by atomic mass is 16.5. The Kier molecular flexibility index (Phi) is 8.49. The third kappa shape index (κ3) is 5.93. The molecule has 176 valence electrons. The number of hydrogen-bond acceptors (Lipinski definition) is 6. The fraction of sp³-hybridized carbons (Fsp3) is 0.385. The predicted octanol–water partition coefficient (Wildman–Crippen LogP) is 4.87. The largest absolute Gasteiger partial charge is 0.497 e. The van der Waals surface area contributed by atoms with Crippen LogP contribution < -0.4 is 9.64 Å². The van der Waals surface area contributed by atoms with Crippen molar-refractivity contribution >= 4 is 11.8 Å². The van der Waals surface area contributed by atoms with E-state index in [9.17, 15) is 4.79 Å². The van der Waals surface area contributed by atoms with E-state index in [0.29, 0.717) is 43.3 Å². The molecule has 1 aromatic heterocycles. The van der Waals surface area contributed by atoms with E-state index in [4.69, 9.17) is 14.0 Å². The lowest BCUT2D eigenvalue weighted by Crippen LogP contribution is -2.33. The third-order valence-corrected chi connectivity index (χ3v) is 5.64. The van der Waals surface area contributed by atoms with E-state index in [0.717, 1.165) is 16.8 Å². The van der Waals surface area contributed by atoms with E-state index in [1.165, 1.54) is 0 Å². The van der Waals surface area contributed by atoms with Crippen LogP contribution in [0, 0.1) is 0 Å². The maximum Gasteiger partial charge on any atom is 0.254 e. The number of rotatable bonds is 11. The number of nitrogens with zero attached hydrogens (tertiary/aromatic N) is 3. The first kappa shape index (κ1) is 24.3. The van der Waals surface area contributed by atoms with E-state index >= 15 is 0 Å². The fourth-order valence-corrected chi connectivity index (χ4v) is 3.56. The number of amides is 1. The van der Waals surface area contributed by atoms with Crippen LogP contribution in [-0.2, 0) is 11.3 Å². The Bertz CT molecular complexity index is 1030. The van der Waals surface area contributed by atoms with Crippen molar-refractivity contribution in [2.24, 2.45) is 0 Å². The van der Waals surface area contributed by atoms with E-state index in [1.807, 2.05) is 59.3 Å². The lowest BCUT2D eigenvalue weighted by atomic mass is 10.1. The van der Waals surface area contributed by atoms with Crippen molar-refractivity contribution in [3.8, 4) is 17.0 Å². The van der Waals surface area contributed by atoms with Crippen molar-refractivity contribution in [2.45, 2.75) is 32.9 Å². The number of aromatic nitrogens is 1. The summed E-state index contributed by atoms with van der Waals surface area (Å²) in [5, 5.41) is 4.40. The number of methoxy groups -OCH3 is 2. The van der Waals surface area contributed by atoms with Crippen LogP contribution in [0.1, 0.15) is 36.2 Å². The number of carbonyl (C=O) groups excluding carboxylic acids is 1. The molecule has 3 aromatic rings. The van der Waals surface area contributed by atoms with E-state index < -0.39 is 0 Å². The van der Waals surface area contributed by atoms with Crippen LogP contribution in [0.2, 0.25) is 0 Å². The zero-order valence-corrected chi connectivity index (χ0v) is 20.1. The molecule has 0 aliphatic carbocycles. The first-order valence-corrected chi connectivity index (χ1v) is 11.1. The molecule has 0 spiro atoms. The summed E-state index contributed by atoms with van der Waals surface area (Å²) < 4.78 is 16.4. The third-order valence-electron chi connectivity index (χ3n) is 5.64. The Balaban J connectivity index is 2.01. The van der Waals surface area contributed by atoms with Crippen LogP contribution in [0.4, 0.5) is 5.88 Å². The standard InChI is InChI=1S/C26H33N3O4/c1-19(2)28(3)26-23(24(27-33-26)20-11-7-6-8-12-20)18-29(15-10-16-31-4)25(30)21-13-9-14-22(17-21)32-5/h6-9,11-14,17,19H,10,15-16,18H2,1-5H3. The average molecular weight is 452 g/mol. The van der Waals surface area contributed by atoms with Crippen molar-refractivity contribution in [3.05, 3.63) is 65.7 Å². The second-order valence-electron chi connectivity index (χ2n) is 8.19. The monoisotopic (exact) mass is 451 g/mol.